The monoisotopic (exact) mass is 524 g/mol. The summed E-state index contributed by atoms with van der Waals surface area (Å²) in [5.74, 6) is 0.765. The minimum Gasteiger partial charge on any atom is -0.476 e. The maximum absolute atomic E-state index is 6.15. The molecule has 5 rings (SSSR count). The molecule has 1 aromatic heterocycles. The molecule has 1 aliphatic heterocycles. The van der Waals surface area contributed by atoms with Gasteiger partial charge in [0.1, 0.15) is 11.2 Å². The van der Waals surface area contributed by atoms with Crippen LogP contribution in [0.4, 0.5) is 0 Å². The van der Waals surface area contributed by atoms with Crippen LogP contribution in [0, 0.1) is 0 Å². The fourth-order valence-corrected chi connectivity index (χ4v) is 6.03. The molecule has 5 nitrogen and oxygen atoms in total. The average molecular weight is 525 g/mol. The topological polar surface area (TPSA) is 50.6 Å². The SMILES string of the molecule is CCCCCCCOc1nsnc1C1CN=CN(C(c2ccccc2)(c2ccccc2)c2ccccc2)C1. The fraction of sp³-hybridized carbons (Fsp3) is 0.344. The molecule has 1 unspecified atom stereocenters. The highest BCUT2D eigenvalue weighted by Gasteiger charge is 2.43. The number of hydrogen-bond acceptors (Lipinski definition) is 6. The van der Waals surface area contributed by atoms with Crippen molar-refractivity contribution < 1.29 is 4.74 Å². The number of nitrogens with zero attached hydrogens (tertiary/aromatic N) is 4. The molecular formula is C32H36N4OS. The molecule has 0 N–H and O–H groups in total. The van der Waals surface area contributed by atoms with Crippen LogP contribution in [0.25, 0.3) is 0 Å². The molecule has 0 bridgehead atoms. The van der Waals surface area contributed by atoms with Crippen LogP contribution in [0.1, 0.15) is 67.3 Å². The molecule has 3 aromatic carbocycles. The Hall–Kier alpha value is -3.51. The first-order valence-electron chi connectivity index (χ1n) is 13.7. The van der Waals surface area contributed by atoms with Gasteiger partial charge in [-0.05, 0) is 23.1 Å². The van der Waals surface area contributed by atoms with Crippen LogP contribution < -0.4 is 4.74 Å². The van der Waals surface area contributed by atoms with Crippen molar-refractivity contribution in [3.05, 3.63) is 113 Å². The van der Waals surface area contributed by atoms with Gasteiger partial charge in [0.05, 0.1) is 31.2 Å². The van der Waals surface area contributed by atoms with Crippen molar-refractivity contribution in [2.75, 3.05) is 19.7 Å². The number of aromatic nitrogens is 2. The van der Waals surface area contributed by atoms with E-state index >= 15 is 0 Å². The van der Waals surface area contributed by atoms with E-state index in [1.807, 2.05) is 6.34 Å². The van der Waals surface area contributed by atoms with E-state index in [1.54, 1.807) is 0 Å². The summed E-state index contributed by atoms with van der Waals surface area (Å²) in [6, 6.07) is 32.2. The lowest BCUT2D eigenvalue weighted by Crippen LogP contribution is -2.50. The molecule has 0 fully saturated rings. The summed E-state index contributed by atoms with van der Waals surface area (Å²) in [5, 5.41) is 0. The first-order valence-corrected chi connectivity index (χ1v) is 14.5. The quantitative estimate of drug-likeness (QED) is 0.144. The molecule has 0 saturated heterocycles. The van der Waals surface area contributed by atoms with Crippen molar-refractivity contribution in [1.82, 2.24) is 13.6 Å². The van der Waals surface area contributed by atoms with Crippen LogP contribution in [0.3, 0.4) is 0 Å². The Morgan fingerprint density at radius 3 is 1.95 bits per heavy atom. The number of rotatable bonds is 12. The van der Waals surface area contributed by atoms with E-state index in [0.717, 1.165) is 18.7 Å². The average Bonchev–Trinajstić information content (AvgIpc) is 3.46. The summed E-state index contributed by atoms with van der Waals surface area (Å²) in [7, 11) is 0. The van der Waals surface area contributed by atoms with E-state index in [0.29, 0.717) is 19.0 Å². The van der Waals surface area contributed by atoms with Crippen LogP contribution >= 0.6 is 11.7 Å². The van der Waals surface area contributed by atoms with Crippen molar-refractivity contribution in [1.29, 1.82) is 0 Å². The molecule has 0 amide bonds. The minimum absolute atomic E-state index is 0.0874. The molecule has 2 heterocycles. The lowest BCUT2D eigenvalue weighted by Gasteiger charge is -2.47. The smallest absolute Gasteiger partial charge is 0.249 e. The molecule has 4 aromatic rings. The predicted octanol–water partition coefficient (Wildman–Crippen LogP) is 7.31. The molecule has 38 heavy (non-hydrogen) atoms. The molecule has 0 aliphatic carbocycles. The third-order valence-electron chi connectivity index (χ3n) is 7.32. The van der Waals surface area contributed by atoms with Crippen molar-refractivity contribution in [3.63, 3.8) is 0 Å². The Morgan fingerprint density at radius 1 is 0.789 bits per heavy atom. The zero-order valence-electron chi connectivity index (χ0n) is 22.1. The molecule has 0 spiro atoms. The van der Waals surface area contributed by atoms with E-state index in [2.05, 4.69) is 107 Å². The number of aliphatic imine (C=N–C) groups is 1. The van der Waals surface area contributed by atoms with Gasteiger partial charge < -0.3 is 9.64 Å². The summed E-state index contributed by atoms with van der Waals surface area (Å²) < 4.78 is 15.4. The highest BCUT2D eigenvalue weighted by atomic mass is 32.1. The zero-order valence-corrected chi connectivity index (χ0v) is 22.9. The third kappa shape index (κ3) is 5.51. The summed E-state index contributed by atoms with van der Waals surface area (Å²) in [4.78, 5) is 7.28. The Labute approximate surface area is 230 Å². The summed E-state index contributed by atoms with van der Waals surface area (Å²) >= 11 is 1.23. The number of unbranched alkanes of at least 4 members (excludes halogenated alkanes) is 4. The normalized spacial score (nSPS) is 15.5. The molecule has 1 aliphatic rings. The summed E-state index contributed by atoms with van der Waals surface area (Å²) in [6.45, 7) is 4.34. The van der Waals surface area contributed by atoms with Gasteiger partial charge in [0.2, 0.25) is 5.88 Å². The molecule has 0 saturated carbocycles. The van der Waals surface area contributed by atoms with Crippen molar-refractivity contribution in [3.8, 4) is 5.88 Å². The van der Waals surface area contributed by atoms with Crippen molar-refractivity contribution in [2.24, 2.45) is 4.99 Å². The fourth-order valence-electron chi connectivity index (χ4n) is 5.46. The number of benzene rings is 3. The van der Waals surface area contributed by atoms with Crippen LogP contribution in [-0.2, 0) is 5.54 Å². The lowest BCUT2D eigenvalue weighted by atomic mass is 9.75. The van der Waals surface area contributed by atoms with E-state index in [4.69, 9.17) is 14.1 Å². The van der Waals surface area contributed by atoms with Gasteiger partial charge in [0.15, 0.2) is 0 Å². The van der Waals surface area contributed by atoms with Gasteiger partial charge in [-0.25, -0.2) is 0 Å². The predicted molar refractivity (Wildman–Crippen MR) is 156 cm³/mol. The Bertz CT molecular complexity index is 1180. The highest BCUT2D eigenvalue weighted by molar-refractivity contribution is 6.99. The van der Waals surface area contributed by atoms with E-state index in [9.17, 15) is 0 Å². The largest absolute Gasteiger partial charge is 0.476 e. The van der Waals surface area contributed by atoms with Crippen LogP contribution in [0.2, 0.25) is 0 Å². The second kappa shape index (κ2) is 12.8. The van der Waals surface area contributed by atoms with Crippen LogP contribution in [0.15, 0.2) is 96.0 Å². The zero-order chi connectivity index (χ0) is 26.0. The van der Waals surface area contributed by atoms with Gasteiger partial charge in [-0.2, -0.15) is 4.37 Å². The van der Waals surface area contributed by atoms with Gasteiger partial charge in [-0.15, -0.1) is 4.37 Å². The lowest BCUT2D eigenvalue weighted by molar-refractivity contribution is 0.241. The first kappa shape index (κ1) is 26.1. The molecule has 6 heteroatoms. The summed E-state index contributed by atoms with van der Waals surface area (Å²) in [6.07, 6.45) is 8.05. The van der Waals surface area contributed by atoms with Crippen LogP contribution in [0.5, 0.6) is 5.88 Å². The molecular weight excluding hydrogens is 488 g/mol. The third-order valence-corrected chi connectivity index (χ3v) is 7.85. The Morgan fingerprint density at radius 2 is 1.37 bits per heavy atom. The maximum Gasteiger partial charge on any atom is 0.249 e. The van der Waals surface area contributed by atoms with Crippen molar-refractivity contribution in [2.45, 2.75) is 50.5 Å². The second-order valence-corrected chi connectivity index (χ2v) is 10.4. The van der Waals surface area contributed by atoms with Crippen LogP contribution in [-0.4, -0.2) is 39.7 Å². The second-order valence-electron chi connectivity index (χ2n) is 9.86. The Balaban J connectivity index is 1.48. The summed E-state index contributed by atoms with van der Waals surface area (Å²) in [5.41, 5.74) is 3.97. The van der Waals surface area contributed by atoms with E-state index in [1.165, 1.54) is 54.1 Å². The van der Waals surface area contributed by atoms with E-state index in [-0.39, 0.29) is 5.92 Å². The van der Waals surface area contributed by atoms with E-state index < -0.39 is 5.54 Å². The number of hydrogen-bond donors (Lipinski definition) is 0. The molecule has 196 valence electrons. The maximum atomic E-state index is 6.15. The van der Waals surface area contributed by atoms with Gasteiger partial charge in [0, 0.05) is 12.5 Å². The van der Waals surface area contributed by atoms with Gasteiger partial charge in [0.25, 0.3) is 0 Å². The first-order chi connectivity index (χ1) is 18.8. The van der Waals surface area contributed by atoms with Gasteiger partial charge in [-0.3, -0.25) is 4.99 Å². The van der Waals surface area contributed by atoms with Gasteiger partial charge in [-0.1, -0.05) is 124 Å². The van der Waals surface area contributed by atoms with Gasteiger partial charge >= 0.3 is 0 Å². The van der Waals surface area contributed by atoms with Crippen molar-refractivity contribution >= 4 is 18.1 Å². The molecule has 1 atom stereocenters. The number of ether oxygens (including phenoxy) is 1. The molecule has 0 radical (unpaired) electrons. The Kier molecular flexibility index (Phi) is 8.82. The minimum atomic E-state index is -0.546. The highest BCUT2D eigenvalue weighted by Crippen LogP contribution is 2.44. The standard InChI is InChI=1S/C32H36N4OS/c1-2-3-4-5-15-22-37-31-30(34-38-35-31)26-23-33-25-36(24-26)32(27-16-9-6-10-17-27,28-18-11-7-12-19-28)29-20-13-8-14-21-29/h6-14,16-21,25-26H,2-5,15,22-24H2,1H3.